The Morgan fingerprint density at radius 1 is 1.17 bits per heavy atom. The van der Waals surface area contributed by atoms with Crippen LogP contribution in [0.5, 0.6) is 0 Å². The van der Waals surface area contributed by atoms with Gasteiger partial charge in [-0.25, -0.2) is 14.5 Å². The van der Waals surface area contributed by atoms with Crippen LogP contribution < -0.4 is 5.56 Å². The number of hydrogen-bond acceptors (Lipinski definition) is 3. The Labute approximate surface area is 138 Å². The second kappa shape index (κ2) is 5.33. The van der Waals surface area contributed by atoms with Gasteiger partial charge >= 0.3 is 0 Å². The van der Waals surface area contributed by atoms with Crippen molar-refractivity contribution in [2.24, 2.45) is 0 Å². The maximum atomic E-state index is 12.4. The molecule has 1 N–H and O–H groups in total. The fourth-order valence-electron chi connectivity index (χ4n) is 3.30. The molecule has 0 radical (unpaired) electrons. The summed E-state index contributed by atoms with van der Waals surface area (Å²) in [5.74, 6) is 0.916. The molecule has 1 aromatic carbocycles. The van der Waals surface area contributed by atoms with Crippen LogP contribution >= 0.6 is 0 Å². The molecule has 0 aliphatic carbocycles. The fourth-order valence-corrected chi connectivity index (χ4v) is 3.30. The third-order valence-electron chi connectivity index (χ3n) is 4.49. The van der Waals surface area contributed by atoms with E-state index in [1.54, 1.807) is 6.07 Å². The molecule has 0 aliphatic rings. The highest BCUT2D eigenvalue weighted by atomic mass is 16.1. The Kier molecular flexibility index (Phi) is 3.26. The molecule has 4 rings (SSSR count). The van der Waals surface area contributed by atoms with Crippen LogP contribution in [-0.4, -0.2) is 24.1 Å². The average Bonchev–Trinajstić information content (AvgIpc) is 3.05. The molecule has 0 saturated carbocycles. The number of aromatic amines is 1. The Morgan fingerprint density at radius 2 is 1.96 bits per heavy atom. The van der Waals surface area contributed by atoms with Crippen LogP contribution in [0.15, 0.2) is 35.1 Å². The highest BCUT2D eigenvalue weighted by molar-refractivity contribution is 5.75. The SMILES string of the molecule is CCc1c(C)[nH]n2c(=O)cc(Cn3c(C)nc4ccccc43)nc12. The molecule has 0 spiro atoms. The van der Waals surface area contributed by atoms with E-state index in [1.807, 2.05) is 38.1 Å². The number of imidazole rings is 1. The van der Waals surface area contributed by atoms with Crippen molar-refractivity contribution in [2.45, 2.75) is 33.7 Å². The Bertz CT molecular complexity index is 1120. The van der Waals surface area contributed by atoms with E-state index in [2.05, 4.69) is 21.6 Å². The summed E-state index contributed by atoms with van der Waals surface area (Å²) in [6.45, 7) is 6.55. The molecule has 3 aromatic heterocycles. The maximum Gasteiger partial charge on any atom is 0.272 e. The Morgan fingerprint density at radius 3 is 2.75 bits per heavy atom. The molecule has 0 amide bonds. The van der Waals surface area contributed by atoms with Gasteiger partial charge in [0.1, 0.15) is 5.82 Å². The summed E-state index contributed by atoms with van der Waals surface area (Å²) in [6.07, 6.45) is 0.835. The Hall–Kier alpha value is -2.89. The van der Waals surface area contributed by atoms with E-state index in [0.29, 0.717) is 6.54 Å². The molecule has 122 valence electrons. The van der Waals surface area contributed by atoms with Crippen LogP contribution in [0.1, 0.15) is 29.7 Å². The van der Waals surface area contributed by atoms with Crippen molar-refractivity contribution in [3.05, 3.63) is 63.5 Å². The predicted molar refractivity (Wildman–Crippen MR) is 93.5 cm³/mol. The van der Waals surface area contributed by atoms with Crippen molar-refractivity contribution in [1.29, 1.82) is 0 Å². The molecule has 0 bridgehead atoms. The lowest BCUT2D eigenvalue weighted by molar-refractivity contribution is 0.754. The maximum absolute atomic E-state index is 12.4. The minimum atomic E-state index is -0.0835. The van der Waals surface area contributed by atoms with Crippen molar-refractivity contribution in [1.82, 2.24) is 24.1 Å². The third kappa shape index (κ3) is 2.14. The van der Waals surface area contributed by atoms with Crippen molar-refractivity contribution < 1.29 is 0 Å². The summed E-state index contributed by atoms with van der Waals surface area (Å²) in [7, 11) is 0. The van der Waals surface area contributed by atoms with Gasteiger partial charge in [-0.15, -0.1) is 0 Å². The van der Waals surface area contributed by atoms with Gasteiger partial charge in [0, 0.05) is 17.3 Å². The lowest BCUT2D eigenvalue weighted by Gasteiger charge is -2.07. The lowest BCUT2D eigenvalue weighted by Crippen LogP contribution is -2.17. The van der Waals surface area contributed by atoms with Gasteiger partial charge in [-0.2, -0.15) is 0 Å². The van der Waals surface area contributed by atoms with Gasteiger partial charge in [-0.3, -0.25) is 9.89 Å². The number of H-pyrrole nitrogens is 1. The van der Waals surface area contributed by atoms with E-state index in [-0.39, 0.29) is 5.56 Å². The summed E-state index contributed by atoms with van der Waals surface area (Å²) in [6, 6.07) is 9.60. The monoisotopic (exact) mass is 321 g/mol. The number of nitrogens with one attached hydrogen (secondary N) is 1. The van der Waals surface area contributed by atoms with Crippen LogP contribution in [0.2, 0.25) is 0 Å². The van der Waals surface area contributed by atoms with E-state index >= 15 is 0 Å². The van der Waals surface area contributed by atoms with E-state index in [0.717, 1.165) is 45.9 Å². The molecule has 3 heterocycles. The van der Waals surface area contributed by atoms with Crippen molar-refractivity contribution in [2.75, 3.05) is 0 Å². The molecular weight excluding hydrogens is 302 g/mol. The second-order valence-electron chi connectivity index (χ2n) is 6.05. The van der Waals surface area contributed by atoms with Gasteiger partial charge < -0.3 is 4.57 Å². The van der Waals surface area contributed by atoms with Crippen LogP contribution in [0.4, 0.5) is 0 Å². The lowest BCUT2D eigenvalue weighted by atomic mass is 10.2. The smallest absolute Gasteiger partial charge is 0.272 e. The summed E-state index contributed by atoms with van der Waals surface area (Å²) in [5.41, 5.74) is 5.47. The summed E-state index contributed by atoms with van der Waals surface area (Å²) in [4.78, 5) is 21.7. The van der Waals surface area contributed by atoms with Crippen LogP contribution in [-0.2, 0) is 13.0 Å². The quantitative estimate of drug-likeness (QED) is 0.630. The highest BCUT2D eigenvalue weighted by Gasteiger charge is 2.13. The standard InChI is InChI=1S/C18H19N5O/c1-4-14-11(2)21-23-17(24)9-13(20-18(14)23)10-22-12(3)19-15-7-5-6-8-16(15)22/h5-9,21H,4,10H2,1-3H3. The number of hydrogen-bond donors (Lipinski definition) is 1. The first-order valence-electron chi connectivity index (χ1n) is 8.10. The molecule has 6 nitrogen and oxygen atoms in total. The Balaban J connectivity index is 1.87. The van der Waals surface area contributed by atoms with Crippen LogP contribution in [0, 0.1) is 13.8 Å². The van der Waals surface area contributed by atoms with Gasteiger partial charge in [-0.1, -0.05) is 19.1 Å². The number of rotatable bonds is 3. The molecule has 6 heteroatoms. The van der Waals surface area contributed by atoms with Crippen molar-refractivity contribution in [3.63, 3.8) is 0 Å². The summed E-state index contributed by atoms with van der Waals surface area (Å²) >= 11 is 0. The van der Waals surface area contributed by atoms with Gasteiger partial charge in [0.25, 0.3) is 5.56 Å². The van der Waals surface area contributed by atoms with Crippen molar-refractivity contribution in [3.8, 4) is 0 Å². The first-order chi connectivity index (χ1) is 11.6. The molecule has 0 fully saturated rings. The van der Waals surface area contributed by atoms with E-state index in [4.69, 9.17) is 4.98 Å². The fraction of sp³-hybridized carbons (Fsp3) is 0.278. The van der Waals surface area contributed by atoms with Crippen molar-refractivity contribution >= 4 is 16.7 Å². The predicted octanol–water partition coefficient (Wildman–Crippen LogP) is 2.60. The first kappa shape index (κ1) is 14.7. The minimum Gasteiger partial charge on any atom is -0.322 e. The number of aromatic nitrogens is 5. The van der Waals surface area contributed by atoms with Gasteiger partial charge in [0.05, 0.1) is 23.3 Å². The number of nitrogens with zero attached hydrogens (tertiary/aromatic N) is 4. The van der Waals surface area contributed by atoms with Crippen LogP contribution in [0.3, 0.4) is 0 Å². The molecule has 24 heavy (non-hydrogen) atoms. The highest BCUT2D eigenvalue weighted by Crippen LogP contribution is 2.18. The normalized spacial score (nSPS) is 11.6. The van der Waals surface area contributed by atoms with E-state index in [9.17, 15) is 4.79 Å². The van der Waals surface area contributed by atoms with Gasteiger partial charge in [0.15, 0.2) is 5.65 Å². The van der Waals surface area contributed by atoms with Gasteiger partial charge in [-0.05, 0) is 32.4 Å². The molecule has 0 unspecified atom stereocenters. The number of benzene rings is 1. The summed E-state index contributed by atoms with van der Waals surface area (Å²) < 4.78 is 3.62. The third-order valence-corrected chi connectivity index (χ3v) is 4.49. The van der Waals surface area contributed by atoms with E-state index < -0.39 is 0 Å². The molecule has 4 aromatic rings. The largest absolute Gasteiger partial charge is 0.322 e. The zero-order chi connectivity index (χ0) is 16.8. The molecule has 0 atom stereocenters. The average molecular weight is 321 g/mol. The zero-order valence-corrected chi connectivity index (χ0v) is 14.0. The van der Waals surface area contributed by atoms with E-state index in [1.165, 1.54) is 4.52 Å². The second-order valence-corrected chi connectivity index (χ2v) is 6.05. The summed E-state index contributed by atoms with van der Waals surface area (Å²) in [5, 5.41) is 3.10. The van der Waals surface area contributed by atoms with Crippen LogP contribution in [0.25, 0.3) is 16.7 Å². The minimum absolute atomic E-state index is 0.0835. The zero-order valence-electron chi connectivity index (χ0n) is 14.0. The first-order valence-corrected chi connectivity index (χ1v) is 8.10. The molecule has 0 saturated heterocycles. The number of aryl methyl sites for hydroxylation is 3. The number of fused-ring (bicyclic) bond motifs is 2. The van der Waals surface area contributed by atoms with Gasteiger partial charge in [0.2, 0.25) is 0 Å². The number of para-hydroxylation sites is 2. The molecular formula is C18H19N5O. The molecule has 0 aliphatic heterocycles. The topological polar surface area (TPSA) is 68.0 Å².